The molecule has 7 heteroatoms. The number of piperazine rings is 1. The van der Waals surface area contributed by atoms with Gasteiger partial charge < -0.3 is 20.9 Å². The van der Waals surface area contributed by atoms with E-state index < -0.39 is 0 Å². The molecule has 1 saturated heterocycles. The van der Waals surface area contributed by atoms with Gasteiger partial charge in [-0.3, -0.25) is 4.90 Å². The number of aryl methyl sites for hydroxylation is 1. The molecule has 3 heterocycles. The van der Waals surface area contributed by atoms with E-state index in [0.717, 1.165) is 66.4 Å². The monoisotopic (exact) mass is 413 g/mol. The van der Waals surface area contributed by atoms with Crippen molar-refractivity contribution in [3.05, 3.63) is 72.1 Å². The lowest BCUT2D eigenvalue weighted by Gasteiger charge is -2.27. The molecule has 4 aromatic rings. The van der Waals surface area contributed by atoms with Crippen molar-refractivity contribution in [1.29, 1.82) is 0 Å². The van der Waals surface area contributed by atoms with Gasteiger partial charge in [0.25, 0.3) is 0 Å². The van der Waals surface area contributed by atoms with Crippen molar-refractivity contribution < 1.29 is 0 Å². The van der Waals surface area contributed by atoms with Crippen molar-refractivity contribution in [2.75, 3.05) is 36.8 Å². The van der Waals surface area contributed by atoms with Crippen molar-refractivity contribution >= 4 is 34.0 Å². The highest BCUT2D eigenvalue weighted by Gasteiger charge is 2.10. The molecule has 0 aliphatic carbocycles. The number of rotatable bonds is 6. The first-order valence-corrected chi connectivity index (χ1v) is 10.7. The van der Waals surface area contributed by atoms with Gasteiger partial charge in [0, 0.05) is 73.0 Å². The second-order valence-corrected chi connectivity index (χ2v) is 7.98. The van der Waals surface area contributed by atoms with Crippen LogP contribution in [0, 0.1) is 6.92 Å². The minimum Gasteiger partial charge on any atom is -0.361 e. The van der Waals surface area contributed by atoms with Gasteiger partial charge in [0.2, 0.25) is 5.95 Å². The maximum absolute atomic E-state index is 4.69. The van der Waals surface area contributed by atoms with Crippen molar-refractivity contribution in [1.82, 2.24) is 25.2 Å². The zero-order chi connectivity index (χ0) is 21.0. The van der Waals surface area contributed by atoms with E-state index in [0.29, 0.717) is 5.95 Å². The Bertz CT molecular complexity index is 1160. The average Bonchev–Trinajstić information content (AvgIpc) is 3.26. The maximum Gasteiger partial charge on any atom is 0.229 e. The fourth-order valence-electron chi connectivity index (χ4n) is 3.85. The number of nitrogens with zero attached hydrogens (tertiary/aromatic N) is 3. The van der Waals surface area contributed by atoms with Gasteiger partial charge in [-0.1, -0.05) is 12.1 Å². The van der Waals surface area contributed by atoms with E-state index in [1.54, 1.807) is 0 Å². The van der Waals surface area contributed by atoms with Gasteiger partial charge in [0.05, 0.1) is 0 Å². The van der Waals surface area contributed by atoms with Crippen LogP contribution < -0.4 is 16.0 Å². The Morgan fingerprint density at radius 1 is 0.968 bits per heavy atom. The molecule has 1 aliphatic heterocycles. The smallest absolute Gasteiger partial charge is 0.229 e. The van der Waals surface area contributed by atoms with Crippen LogP contribution in [0.3, 0.4) is 0 Å². The highest BCUT2D eigenvalue weighted by atomic mass is 15.2. The Morgan fingerprint density at radius 3 is 2.61 bits per heavy atom. The molecule has 0 amide bonds. The van der Waals surface area contributed by atoms with Crippen LogP contribution in [0.2, 0.25) is 0 Å². The maximum atomic E-state index is 4.69. The third-order valence-corrected chi connectivity index (χ3v) is 5.61. The van der Waals surface area contributed by atoms with Gasteiger partial charge >= 0.3 is 0 Å². The second-order valence-electron chi connectivity index (χ2n) is 7.98. The van der Waals surface area contributed by atoms with E-state index in [9.17, 15) is 0 Å². The van der Waals surface area contributed by atoms with Gasteiger partial charge in [-0.15, -0.1) is 0 Å². The first kappa shape index (κ1) is 19.5. The van der Waals surface area contributed by atoms with Crippen molar-refractivity contribution in [3.63, 3.8) is 0 Å². The summed E-state index contributed by atoms with van der Waals surface area (Å²) < 4.78 is 0. The van der Waals surface area contributed by atoms with Crippen LogP contribution in [-0.2, 0) is 6.54 Å². The number of aromatic nitrogens is 3. The fourth-order valence-corrected chi connectivity index (χ4v) is 3.85. The largest absolute Gasteiger partial charge is 0.361 e. The Labute approximate surface area is 181 Å². The summed E-state index contributed by atoms with van der Waals surface area (Å²) in [5.41, 5.74) is 5.41. The van der Waals surface area contributed by atoms with Gasteiger partial charge in [0.15, 0.2) is 0 Å². The summed E-state index contributed by atoms with van der Waals surface area (Å²) in [6.45, 7) is 7.34. The molecule has 0 bridgehead atoms. The van der Waals surface area contributed by atoms with Crippen LogP contribution in [-0.4, -0.2) is 46.0 Å². The number of hydrogen-bond acceptors (Lipinski definition) is 6. The van der Waals surface area contributed by atoms with Crippen LogP contribution in [0.4, 0.5) is 23.1 Å². The second kappa shape index (κ2) is 8.75. The van der Waals surface area contributed by atoms with E-state index in [-0.39, 0.29) is 0 Å². The highest BCUT2D eigenvalue weighted by molar-refractivity contribution is 5.84. The SMILES string of the molecule is Cc1cnc(Nc2ccc(CN3CCNCC3)cc2)nc1Nc1ccc2[nH]ccc2c1. The minimum absolute atomic E-state index is 0.575. The molecule has 0 saturated carbocycles. The number of hydrogen-bond donors (Lipinski definition) is 4. The normalized spacial score (nSPS) is 14.6. The molecule has 7 nitrogen and oxygen atoms in total. The molecule has 0 radical (unpaired) electrons. The van der Waals surface area contributed by atoms with Gasteiger partial charge in [-0.25, -0.2) is 4.98 Å². The molecule has 31 heavy (non-hydrogen) atoms. The summed E-state index contributed by atoms with van der Waals surface area (Å²) in [5, 5.41) is 11.3. The average molecular weight is 414 g/mol. The predicted octanol–water partition coefficient (Wildman–Crippen LogP) is 4.16. The topological polar surface area (TPSA) is 80.9 Å². The Balaban J connectivity index is 1.27. The lowest BCUT2D eigenvalue weighted by atomic mass is 10.2. The summed E-state index contributed by atoms with van der Waals surface area (Å²) in [4.78, 5) is 14.8. The lowest BCUT2D eigenvalue weighted by molar-refractivity contribution is 0.233. The van der Waals surface area contributed by atoms with E-state index >= 15 is 0 Å². The summed E-state index contributed by atoms with van der Waals surface area (Å²) in [6, 6.07) is 16.8. The predicted molar refractivity (Wildman–Crippen MR) is 126 cm³/mol. The Kier molecular flexibility index (Phi) is 5.52. The van der Waals surface area contributed by atoms with E-state index in [1.807, 2.05) is 25.4 Å². The van der Waals surface area contributed by atoms with Crippen LogP contribution in [0.15, 0.2) is 60.9 Å². The molecule has 5 rings (SSSR count). The molecule has 0 spiro atoms. The number of H-pyrrole nitrogens is 1. The first-order chi connectivity index (χ1) is 15.2. The summed E-state index contributed by atoms with van der Waals surface area (Å²) >= 11 is 0. The quantitative estimate of drug-likeness (QED) is 0.380. The summed E-state index contributed by atoms with van der Waals surface area (Å²) in [5.74, 6) is 1.37. The minimum atomic E-state index is 0.575. The standard InChI is InChI=1S/C24H27N7/c1-17-15-27-24(30-23(17)28-21-6-7-22-19(14-21)8-9-26-22)29-20-4-2-18(3-5-20)16-31-12-10-25-11-13-31/h2-9,14-15,25-26H,10-13,16H2,1H3,(H2,27,28,29,30). The van der Waals surface area contributed by atoms with Crippen LogP contribution >= 0.6 is 0 Å². The van der Waals surface area contributed by atoms with Crippen molar-refractivity contribution in [3.8, 4) is 0 Å². The molecule has 2 aromatic heterocycles. The Morgan fingerprint density at radius 2 is 1.77 bits per heavy atom. The zero-order valence-electron chi connectivity index (χ0n) is 17.7. The van der Waals surface area contributed by atoms with Crippen LogP contribution in [0.5, 0.6) is 0 Å². The molecule has 1 fully saturated rings. The molecule has 4 N–H and O–H groups in total. The molecule has 1 aliphatic rings. The van der Waals surface area contributed by atoms with Crippen LogP contribution in [0.25, 0.3) is 10.9 Å². The highest BCUT2D eigenvalue weighted by Crippen LogP contribution is 2.24. The molecule has 158 valence electrons. The zero-order valence-corrected chi connectivity index (χ0v) is 17.7. The lowest BCUT2D eigenvalue weighted by Crippen LogP contribution is -2.42. The molecular weight excluding hydrogens is 386 g/mol. The number of benzene rings is 2. The van der Waals surface area contributed by atoms with E-state index in [1.165, 1.54) is 5.56 Å². The van der Waals surface area contributed by atoms with E-state index in [4.69, 9.17) is 4.98 Å². The van der Waals surface area contributed by atoms with Crippen molar-refractivity contribution in [2.45, 2.75) is 13.5 Å². The fraction of sp³-hybridized carbons (Fsp3) is 0.250. The molecule has 0 unspecified atom stereocenters. The third kappa shape index (κ3) is 4.68. The number of aromatic amines is 1. The summed E-state index contributed by atoms with van der Waals surface area (Å²) in [7, 11) is 0. The number of fused-ring (bicyclic) bond motifs is 1. The molecule has 0 atom stereocenters. The van der Waals surface area contributed by atoms with Crippen molar-refractivity contribution in [2.24, 2.45) is 0 Å². The first-order valence-electron chi connectivity index (χ1n) is 10.7. The van der Waals surface area contributed by atoms with Gasteiger partial charge in [-0.05, 0) is 48.9 Å². The van der Waals surface area contributed by atoms with E-state index in [2.05, 4.69) is 73.3 Å². The molecule has 2 aromatic carbocycles. The summed E-state index contributed by atoms with van der Waals surface area (Å²) in [6.07, 6.45) is 3.78. The number of anilines is 4. The number of nitrogens with one attached hydrogen (secondary N) is 4. The van der Waals surface area contributed by atoms with Gasteiger partial charge in [-0.2, -0.15) is 4.98 Å². The molecular formula is C24H27N7. The Hall–Kier alpha value is -3.42. The van der Waals surface area contributed by atoms with Crippen LogP contribution in [0.1, 0.15) is 11.1 Å². The third-order valence-electron chi connectivity index (χ3n) is 5.61. The van der Waals surface area contributed by atoms with Gasteiger partial charge in [0.1, 0.15) is 5.82 Å².